The lowest BCUT2D eigenvalue weighted by Gasteiger charge is -2.17. The van der Waals surface area contributed by atoms with Gasteiger partial charge in [-0.3, -0.25) is 9.59 Å². The molecule has 9 heteroatoms. The molecule has 1 rings (SSSR count). The molecule has 0 bridgehead atoms. The maximum atomic E-state index is 11.1. The van der Waals surface area contributed by atoms with Gasteiger partial charge in [0.25, 0.3) is 0 Å². The summed E-state index contributed by atoms with van der Waals surface area (Å²) in [5, 5.41) is -0.0722. The predicted molar refractivity (Wildman–Crippen MR) is 77.3 cm³/mol. The molecule has 0 aromatic rings. The van der Waals surface area contributed by atoms with Crippen LogP contribution in [0.5, 0.6) is 0 Å². The van der Waals surface area contributed by atoms with Crippen LogP contribution in [-0.2, 0) is 23.9 Å². The third-order valence-corrected chi connectivity index (χ3v) is 5.97. The van der Waals surface area contributed by atoms with Crippen LogP contribution in [-0.4, -0.2) is 59.6 Å². The van der Waals surface area contributed by atoms with Gasteiger partial charge in [-0.25, -0.2) is 0 Å². The summed E-state index contributed by atoms with van der Waals surface area (Å²) in [7, 11) is 0. The summed E-state index contributed by atoms with van der Waals surface area (Å²) >= 11 is 3.09. The Bertz CT molecular complexity index is 328. The molecule has 4 N–H and O–H groups in total. The van der Waals surface area contributed by atoms with Crippen molar-refractivity contribution in [3.8, 4) is 0 Å². The van der Waals surface area contributed by atoms with Gasteiger partial charge in [0.15, 0.2) is 0 Å². The standard InChI is InChI=1S/C11H18N2O5S2/c12-3-9(15)17-5-7-8(6-18-10(16)4-13)20-11(19-7)1-2-14/h2,7-8,11H,1,3-6,12-13H2. The van der Waals surface area contributed by atoms with Crippen molar-refractivity contribution < 1.29 is 23.9 Å². The van der Waals surface area contributed by atoms with Crippen LogP contribution in [0.15, 0.2) is 0 Å². The number of ether oxygens (including phenoxy) is 2. The molecule has 1 saturated heterocycles. The summed E-state index contributed by atoms with van der Waals surface area (Å²) in [6.07, 6.45) is 1.25. The summed E-state index contributed by atoms with van der Waals surface area (Å²) in [6, 6.07) is 0. The Morgan fingerprint density at radius 2 is 1.45 bits per heavy atom. The maximum Gasteiger partial charge on any atom is 0.319 e. The molecule has 0 radical (unpaired) electrons. The second kappa shape index (κ2) is 9.22. The average molecular weight is 322 g/mol. The van der Waals surface area contributed by atoms with Crippen LogP contribution in [0.4, 0.5) is 0 Å². The van der Waals surface area contributed by atoms with E-state index in [0.29, 0.717) is 6.42 Å². The SMILES string of the molecule is NCC(=O)OCC1SC(CC=O)SC1COC(=O)CN. The van der Waals surface area contributed by atoms with E-state index in [2.05, 4.69) is 0 Å². The van der Waals surface area contributed by atoms with E-state index in [4.69, 9.17) is 20.9 Å². The van der Waals surface area contributed by atoms with Crippen molar-refractivity contribution in [2.45, 2.75) is 21.5 Å². The van der Waals surface area contributed by atoms with E-state index in [-0.39, 0.29) is 41.4 Å². The predicted octanol–water partition coefficient (Wildman–Crippen LogP) is -0.877. The van der Waals surface area contributed by atoms with Gasteiger partial charge in [0.2, 0.25) is 0 Å². The Balaban J connectivity index is 2.49. The quantitative estimate of drug-likeness (QED) is 0.433. The first-order valence-electron chi connectivity index (χ1n) is 6.06. The van der Waals surface area contributed by atoms with Crippen molar-refractivity contribution in [1.82, 2.24) is 0 Å². The number of esters is 2. The van der Waals surface area contributed by atoms with Gasteiger partial charge in [0.1, 0.15) is 19.5 Å². The van der Waals surface area contributed by atoms with E-state index in [0.717, 1.165) is 6.29 Å². The minimum atomic E-state index is -0.479. The highest BCUT2D eigenvalue weighted by atomic mass is 32.2. The summed E-state index contributed by atoms with van der Waals surface area (Å²) in [4.78, 5) is 32.7. The molecule has 0 amide bonds. The van der Waals surface area contributed by atoms with Gasteiger partial charge in [-0.2, -0.15) is 0 Å². The van der Waals surface area contributed by atoms with Crippen molar-refractivity contribution in [3.63, 3.8) is 0 Å². The molecule has 1 aliphatic rings. The largest absolute Gasteiger partial charge is 0.464 e. The van der Waals surface area contributed by atoms with Crippen LogP contribution in [0.3, 0.4) is 0 Å². The molecule has 20 heavy (non-hydrogen) atoms. The third-order valence-electron chi connectivity index (χ3n) is 2.51. The number of nitrogens with two attached hydrogens (primary N) is 2. The Morgan fingerprint density at radius 1 is 1.00 bits per heavy atom. The molecule has 0 aromatic heterocycles. The van der Waals surface area contributed by atoms with Crippen LogP contribution in [0.25, 0.3) is 0 Å². The van der Waals surface area contributed by atoms with Crippen molar-refractivity contribution >= 4 is 41.7 Å². The Labute approximate surface area is 125 Å². The molecule has 0 saturated carbocycles. The molecule has 2 unspecified atom stereocenters. The topological polar surface area (TPSA) is 122 Å². The fourth-order valence-electron chi connectivity index (χ4n) is 1.55. The van der Waals surface area contributed by atoms with Crippen molar-refractivity contribution in [1.29, 1.82) is 0 Å². The third kappa shape index (κ3) is 5.70. The molecule has 1 aliphatic heterocycles. The smallest absolute Gasteiger partial charge is 0.319 e. The zero-order valence-corrected chi connectivity index (χ0v) is 12.5. The zero-order valence-electron chi connectivity index (χ0n) is 10.9. The highest BCUT2D eigenvalue weighted by Gasteiger charge is 2.37. The van der Waals surface area contributed by atoms with Gasteiger partial charge >= 0.3 is 11.9 Å². The Hall–Kier alpha value is -0.770. The lowest BCUT2D eigenvalue weighted by Crippen LogP contribution is -2.30. The maximum absolute atomic E-state index is 11.1. The second-order valence-electron chi connectivity index (χ2n) is 3.96. The molecule has 0 aliphatic carbocycles. The van der Waals surface area contributed by atoms with Gasteiger partial charge in [-0.1, -0.05) is 0 Å². The molecule has 0 aromatic carbocycles. The first-order chi connectivity index (χ1) is 9.60. The lowest BCUT2D eigenvalue weighted by atomic mass is 10.3. The van der Waals surface area contributed by atoms with Crippen LogP contribution < -0.4 is 11.5 Å². The molecular weight excluding hydrogens is 304 g/mol. The van der Waals surface area contributed by atoms with Gasteiger partial charge in [0, 0.05) is 6.42 Å². The van der Waals surface area contributed by atoms with Gasteiger partial charge in [0.05, 0.1) is 28.2 Å². The number of hydrogen-bond donors (Lipinski definition) is 2. The zero-order chi connectivity index (χ0) is 15.0. The first-order valence-corrected chi connectivity index (χ1v) is 7.95. The lowest BCUT2D eigenvalue weighted by molar-refractivity contribution is -0.144. The number of thioether (sulfide) groups is 2. The van der Waals surface area contributed by atoms with Gasteiger partial charge < -0.3 is 25.7 Å². The molecule has 0 spiro atoms. The van der Waals surface area contributed by atoms with E-state index < -0.39 is 11.9 Å². The highest BCUT2D eigenvalue weighted by molar-refractivity contribution is 8.20. The Morgan fingerprint density at radius 3 is 1.80 bits per heavy atom. The molecular formula is C11H18N2O5S2. The van der Waals surface area contributed by atoms with Crippen LogP contribution in [0.1, 0.15) is 6.42 Å². The number of rotatable bonds is 8. The first kappa shape index (κ1) is 17.3. The summed E-state index contributed by atoms with van der Waals surface area (Å²) in [6.45, 7) is 0.0338. The van der Waals surface area contributed by atoms with Crippen LogP contribution in [0, 0.1) is 0 Å². The normalized spacial score (nSPS) is 25.2. The van der Waals surface area contributed by atoms with E-state index in [1.165, 1.54) is 0 Å². The monoisotopic (exact) mass is 322 g/mol. The average Bonchev–Trinajstić information content (AvgIpc) is 2.84. The minimum Gasteiger partial charge on any atom is -0.464 e. The molecule has 114 valence electrons. The second-order valence-corrected chi connectivity index (χ2v) is 7.15. The highest BCUT2D eigenvalue weighted by Crippen LogP contribution is 2.45. The summed E-state index contributed by atoms with van der Waals surface area (Å²) in [5.41, 5.74) is 10.3. The van der Waals surface area contributed by atoms with E-state index in [1.54, 1.807) is 23.5 Å². The van der Waals surface area contributed by atoms with E-state index in [9.17, 15) is 14.4 Å². The number of carbonyl (C=O) groups is 3. The van der Waals surface area contributed by atoms with Crippen LogP contribution >= 0.6 is 23.5 Å². The number of hydrogen-bond acceptors (Lipinski definition) is 9. The fourth-order valence-corrected chi connectivity index (χ4v) is 5.01. The Kier molecular flexibility index (Phi) is 7.97. The fraction of sp³-hybridized carbons (Fsp3) is 0.727. The van der Waals surface area contributed by atoms with Crippen molar-refractivity contribution in [2.75, 3.05) is 26.3 Å². The van der Waals surface area contributed by atoms with E-state index >= 15 is 0 Å². The van der Waals surface area contributed by atoms with Crippen LogP contribution in [0.2, 0.25) is 0 Å². The summed E-state index contributed by atoms with van der Waals surface area (Å²) < 4.78 is 10.1. The van der Waals surface area contributed by atoms with Crippen molar-refractivity contribution in [3.05, 3.63) is 0 Å². The van der Waals surface area contributed by atoms with Gasteiger partial charge in [-0.05, 0) is 0 Å². The van der Waals surface area contributed by atoms with Gasteiger partial charge in [-0.15, -0.1) is 23.5 Å². The number of carbonyl (C=O) groups excluding carboxylic acids is 3. The van der Waals surface area contributed by atoms with E-state index in [1.807, 2.05) is 0 Å². The summed E-state index contributed by atoms with van der Waals surface area (Å²) in [5.74, 6) is -0.959. The minimum absolute atomic E-state index is 0.0361. The molecule has 1 fully saturated rings. The number of aldehydes is 1. The van der Waals surface area contributed by atoms with Crippen molar-refractivity contribution in [2.24, 2.45) is 11.5 Å². The molecule has 1 heterocycles. The molecule has 2 atom stereocenters. The molecule has 7 nitrogen and oxygen atoms in total.